The van der Waals surface area contributed by atoms with Gasteiger partial charge in [-0.15, -0.1) is 0 Å². The highest BCUT2D eigenvalue weighted by Gasteiger charge is 2.27. The molecule has 0 atom stereocenters. The van der Waals surface area contributed by atoms with Crippen LogP contribution in [0.2, 0.25) is 13.1 Å². The number of aliphatic hydroxyl groups excluding tert-OH is 1. The lowest BCUT2D eigenvalue weighted by Gasteiger charge is -2.27. The van der Waals surface area contributed by atoms with Crippen molar-refractivity contribution in [2.75, 3.05) is 6.61 Å². The van der Waals surface area contributed by atoms with Crippen molar-refractivity contribution >= 4 is 13.3 Å². The molecule has 0 saturated heterocycles. The van der Waals surface area contributed by atoms with Crippen molar-refractivity contribution in [1.82, 2.24) is 0 Å². The van der Waals surface area contributed by atoms with E-state index in [1.165, 1.54) is 24.4 Å². The van der Waals surface area contributed by atoms with E-state index < -0.39 is 8.07 Å². The summed E-state index contributed by atoms with van der Waals surface area (Å²) in [5, 5.41) is 12.1. The lowest BCUT2D eigenvalue weighted by molar-refractivity contribution is 0.302. The number of unbranched alkanes of at least 4 members (excludes halogenated alkanes) is 1. The zero-order chi connectivity index (χ0) is 13.4. The van der Waals surface area contributed by atoms with E-state index >= 15 is 0 Å². The quantitative estimate of drug-likeness (QED) is 0.744. The summed E-state index contributed by atoms with van der Waals surface area (Å²) in [5.41, 5.74) is 0. The van der Waals surface area contributed by atoms with Gasteiger partial charge in [0, 0.05) is 6.61 Å². The molecule has 0 aromatic heterocycles. The lowest BCUT2D eigenvalue weighted by Crippen LogP contribution is -2.43. The average Bonchev–Trinajstić information content (AvgIpc) is 2.39. The Kier molecular flexibility index (Phi) is 6.37. The van der Waals surface area contributed by atoms with E-state index in [-0.39, 0.29) is 6.61 Å². The molecule has 0 aliphatic rings. The van der Waals surface area contributed by atoms with Crippen molar-refractivity contribution < 1.29 is 5.11 Å². The van der Waals surface area contributed by atoms with Crippen LogP contribution in [0.15, 0.2) is 41.6 Å². The van der Waals surface area contributed by atoms with Gasteiger partial charge in [-0.1, -0.05) is 79.7 Å². The summed E-state index contributed by atoms with van der Waals surface area (Å²) in [6.07, 6.45) is 6.75. The summed E-state index contributed by atoms with van der Waals surface area (Å²) in [7, 11) is -1.53. The molecule has 0 heterocycles. The normalized spacial score (nSPS) is 12.8. The summed E-state index contributed by atoms with van der Waals surface area (Å²) in [6.45, 7) is 7.33. The van der Waals surface area contributed by atoms with Gasteiger partial charge < -0.3 is 5.11 Å². The maximum atomic E-state index is 9.05. The molecule has 0 aliphatic heterocycles. The van der Waals surface area contributed by atoms with Gasteiger partial charge in [0.2, 0.25) is 0 Å². The number of rotatable bonds is 7. The van der Waals surface area contributed by atoms with Gasteiger partial charge in [0.25, 0.3) is 0 Å². The van der Waals surface area contributed by atoms with Crippen molar-refractivity contribution in [1.29, 1.82) is 0 Å². The van der Waals surface area contributed by atoms with E-state index in [2.05, 4.69) is 56.4 Å². The van der Waals surface area contributed by atoms with Crippen LogP contribution in [-0.2, 0) is 0 Å². The highest BCUT2D eigenvalue weighted by atomic mass is 28.3. The first-order chi connectivity index (χ1) is 8.62. The third-order valence-electron chi connectivity index (χ3n) is 3.62. The van der Waals surface area contributed by atoms with Gasteiger partial charge in [0.15, 0.2) is 0 Å². The molecule has 0 unspecified atom stereocenters. The summed E-state index contributed by atoms with van der Waals surface area (Å²) in [4.78, 5) is 0. The van der Waals surface area contributed by atoms with E-state index in [1.807, 2.05) is 0 Å². The van der Waals surface area contributed by atoms with Crippen LogP contribution < -0.4 is 5.19 Å². The zero-order valence-corrected chi connectivity index (χ0v) is 12.9. The average molecular weight is 262 g/mol. The number of aliphatic hydroxyl groups is 1. The van der Waals surface area contributed by atoms with E-state index in [0.29, 0.717) is 0 Å². The fourth-order valence-electron chi connectivity index (χ4n) is 2.32. The Labute approximate surface area is 113 Å². The highest BCUT2D eigenvalue weighted by molar-refractivity contribution is 6.95. The predicted molar refractivity (Wildman–Crippen MR) is 82.9 cm³/mol. The molecular weight excluding hydrogens is 236 g/mol. The predicted octanol–water partition coefficient (Wildman–Crippen LogP) is 3.64. The van der Waals surface area contributed by atoms with Gasteiger partial charge in [0.05, 0.1) is 0 Å². The van der Waals surface area contributed by atoms with Crippen LogP contribution in [0.25, 0.3) is 0 Å². The van der Waals surface area contributed by atoms with Crippen LogP contribution in [0.1, 0.15) is 32.6 Å². The molecule has 1 rings (SSSR count). The second-order valence-corrected chi connectivity index (χ2v) is 9.81. The SMILES string of the molecule is CCCC/C(=C/CCO)[Si](C)(C)c1ccccc1. The minimum absolute atomic E-state index is 0.259. The van der Waals surface area contributed by atoms with Crippen LogP contribution in [0.4, 0.5) is 0 Å². The Morgan fingerprint density at radius 3 is 2.44 bits per heavy atom. The Balaban J connectivity index is 2.95. The van der Waals surface area contributed by atoms with E-state index in [4.69, 9.17) is 5.11 Å². The molecule has 0 saturated carbocycles. The van der Waals surface area contributed by atoms with Crippen molar-refractivity contribution in [2.45, 2.75) is 45.7 Å². The minimum atomic E-state index is -1.53. The molecule has 0 aliphatic carbocycles. The zero-order valence-electron chi connectivity index (χ0n) is 11.9. The van der Waals surface area contributed by atoms with E-state index in [1.54, 1.807) is 5.20 Å². The molecular formula is C16H26OSi. The second kappa shape index (κ2) is 7.55. The van der Waals surface area contributed by atoms with Crippen LogP contribution >= 0.6 is 0 Å². The van der Waals surface area contributed by atoms with Gasteiger partial charge >= 0.3 is 0 Å². The molecule has 0 bridgehead atoms. The highest BCUT2D eigenvalue weighted by Crippen LogP contribution is 2.21. The maximum absolute atomic E-state index is 9.05. The molecule has 18 heavy (non-hydrogen) atoms. The smallest absolute Gasteiger partial charge is 0.107 e. The molecule has 1 N–H and O–H groups in total. The summed E-state index contributed by atoms with van der Waals surface area (Å²) in [6, 6.07) is 10.9. The van der Waals surface area contributed by atoms with Crippen molar-refractivity contribution in [3.63, 3.8) is 0 Å². The first-order valence-electron chi connectivity index (χ1n) is 6.98. The number of allylic oxidation sites excluding steroid dienone is 1. The molecule has 0 radical (unpaired) electrons. The topological polar surface area (TPSA) is 20.2 Å². The Hall–Kier alpha value is -0.863. The van der Waals surface area contributed by atoms with Crippen LogP contribution in [0.5, 0.6) is 0 Å². The van der Waals surface area contributed by atoms with Crippen LogP contribution in [0, 0.1) is 0 Å². The Morgan fingerprint density at radius 1 is 1.22 bits per heavy atom. The molecule has 2 heteroatoms. The number of hydrogen-bond donors (Lipinski definition) is 1. The summed E-state index contributed by atoms with van der Waals surface area (Å²) >= 11 is 0. The standard InChI is InChI=1S/C16H26OSi/c1-4-5-10-15(13-9-14-17)18(2,3)16-11-7-6-8-12-16/h6-8,11-13,17H,4-5,9-10,14H2,1-3H3/b15-13-. The third kappa shape index (κ3) is 4.11. The Morgan fingerprint density at radius 2 is 1.89 bits per heavy atom. The van der Waals surface area contributed by atoms with Crippen molar-refractivity contribution in [2.24, 2.45) is 0 Å². The Bertz CT molecular complexity index is 368. The van der Waals surface area contributed by atoms with Gasteiger partial charge in [-0.2, -0.15) is 0 Å². The molecule has 100 valence electrons. The summed E-state index contributed by atoms with van der Waals surface area (Å²) in [5.74, 6) is 0. The molecule has 1 aromatic rings. The van der Waals surface area contributed by atoms with E-state index in [0.717, 1.165) is 6.42 Å². The largest absolute Gasteiger partial charge is 0.396 e. The van der Waals surface area contributed by atoms with E-state index in [9.17, 15) is 0 Å². The molecule has 0 amide bonds. The summed E-state index contributed by atoms with van der Waals surface area (Å²) < 4.78 is 0. The fraction of sp³-hybridized carbons (Fsp3) is 0.500. The fourth-order valence-corrected chi connectivity index (χ4v) is 5.17. The molecule has 0 spiro atoms. The number of benzene rings is 1. The lowest BCUT2D eigenvalue weighted by atomic mass is 10.2. The van der Waals surface area contributed by atoms with Gasteiger partial charge in [0.1, 0.15) is 8.07 Å². The third-order valence-corrected chi connectivity index (χ3v) is 7.45. The molecule has 1 aromatic carbocycles. The van der Waals surface area contributed by atoms with Crippen LogP contribution in [-0.4, -0.2) is 19.8 Å². The van der Waals surface area contributed by atoms with Gasteiger partial charge in [-0.25, -0.2) is 0 Å². The minimum Gasteiger partial charge on any atom is -0.396 e. The monoisotopic (exact) mass is 262 g/mol. The first-order valence-corrected chi connectivity index (χ1v) is 9.98. The molecule has 0 fully saturated rings. The second-order valence-electron chi connectivity index (χ2n) is 5.34. The van der Waals surface area contributed by atoms with Gasteiger partial charge in [-0.3, -0.25) is 0 Å². The van der Waals surface area contributed by atoms with Gasteiger partial charge in [-0.05, 0) is 12.8 Å². The number of hydrogen-bond acceptors (Lipinski definition) is 1. The maximum Gasteiger partial charge on any atom is 0.107 e. The van der Waals surface area contributed by atoms with Crippen molar-refractivity contribution in [3.8, 4) is 0 Å². The van der Waals surface area contributed by atoms with Crippen molar-refractivity contribution in [3.05, 3.63) is 41.6 Å². The molecule has 1 nitrogen and oxygen atoms in total. The van der Waals surface area contributed by atoms with Crippen LogP contribution in [0.3, 0.4) is 0 Å². The first kappa shape index (κ1) is 15.2.